The molecule has 1 aromatic heterocycles. The number of hydrogen-bond acceptors (Lipinski definition) is 6. The number of aryl methyl sites for hydroxylation is 1. The van der Waals surface area contributed by atoms with E-state index in [1.807, 2.05) is 0 Å². The topological polar surface area (TPSA) is 143 Å². The lowest BCUT2D eigenvalue weighted by molar-refractivity contribution is 0.0640. The Hall–Kier alpha value is -3.73. The summed E-state index contributed by atoms with van der Waals surface area (Å²) in [7, 11) is -3.99. The first kappa shape index (κ1) is 21.0. The second-order valence-corrected chi connectivity index (χ2v) is 8.13. The third-order valence-corrected chi connectivity index (χ3v) is 6.35. The summed E-state index contributed by atoms with van der Waals surface area (Å²) >= 11 is 0. The van der Waals surface area contributed by atoms with Crippen LogP contribution in [0.1, 0.15) is 26.5 Å². The molecule has 156 valence electrons. The second kappa shape index (κ2) is 8.33. The van der Waals surface area contributed by atoms with Crippen LogP contribution in [0.3, 0.4) is 0 Å². The van der Waals surface area contributed by atoms with Gasteiger partial charge in [-0.05, 0) is 30.7 Å². The highest BCUT2D eigenvalue weighted by atomic mass is 32.2. The van der Waals surface area contributed by atoms with Gasteiger partial charge < -0.3 is 10.2 Å². The van der Waals surface area contributed by atoms with E-state index in [2.05, 4.69) is 10.3 Å². The van der Waals surface area contributed by atoms with Crippen LogP contribution in [0.25, 0.3) is 0 Å². The van der Waals surface area contributed by atoms with E-state index in [4.69, 9.17) is 5.11 Å². The lowest BCUT2D eigenvalue weighted by atomic mass is 10.2. The summed E-state index contributed by atoms with van der Waals surface area (Å²) in [6.45, 7) is 1.26. The van der Waals surface area contributed by atoms with Gasteiger partial charge in [0.1, 0.15) is 0 Å². The minimum absolute atomic E-state index is 0.108. The Kier molecular flexibility index (Phi) is 5.83. The van der Waals surface area contributed by atoms with Gasteiger partial charge in [-0.2, -0.15) is 0 Å². The molecule has 0 amide bonds. The number of hydrogen-bond donors (Lipinski definition) is 2. The van der Waals surface area contributed by atoms with E-state index < -0.39 is 33.3 Å². The zero-order valence-corrected chi connectivity index (χ0v) is 16.7. The van der Waals surface area contributed by atoms with Crippen molar-refractivity contribution in [3.05, 3.63) is 71.5 Å². The molecule has 0 spiro atoms. The molecule has 0 atom stereocenters. The Morgan fingerprint density at radius 2 is 1.63 bits per heavy atom. The molecule has 0 aliphatic rings. The third kappa shape index (κ3) is 4.01. The van der Waals surface area contributed by atoms with Gasteiger partial charge in [0.25, 0.3) is 10.0 Å². The van der Waals surface area contributed by atoms with Crippen molar-refractivity contribution >= 4 is 27.6 Å². The average Bonchev–Trinajstić information content (AvgIpc) is 3.13. The smallest absolute Gasteiger partial charge is 0.359 e. The fourth-order valence-electron chi connectivity index (χ4n) is 2.96. The number of nitrogens with zero attached hydrogens (tertiary/aromatic N) is 4. The fourth-order valence-corrected chi connectivity index (χ4v) is 4.64. The minimum Gasteiger partial charge on any atom is -0.476 e. The van der Waals surface area contributed by atoms with Gasteiger partial charge in [0.2, 0.25) is 5.69 Å². The Balaban J connectivity index is 2.02. The van der Waals surface area contributed by atoms with Crippen molar-refractivity contribution in [2.75, 3.05) is 10.8 Å². The first-order chi connectivity index (χ1) is 14.2. The maximum atomic E-state index is 13.4. The molecule has 0 aliphatic heterocycles. The normalized spacial score (nSPS) is 11.2. The van der Waals surface area contributed by atoms with Crippen LogP contribution in [0.15, 0.2) is 59.5 Å². The number of aromatic carboxylic acids is 2. The number of para-hydroxylation sites is 1. The highest BCUT2D eigenvalue weighted by Crippen LogP contribution is 2.25. The number of aromatic nitrogens is 3. The highest BCUT2D eigenvalue weighted by Gasteiger charge is 2.29. The van der Waals surface area contributed by atoms with Crippen LogP contribution in [-0.2, 0) is 16.6 Å². The van der Waals surface area contributed by atoms with E-state index in [9.17, 15) is 23.1 Å². The predicted molar refractivity (Wildman–Crippen MR) is 106 cm³/mol. The Labute approximate surface area is 172 Å². The van der Waals surface area contributed by atoms with E-state index >= 15 is 0 Å². The SMILES string of the molecule is Cc1ccccc1S(=O)(=O)N(CCn1nnc(C(=O)O)c1C(=O)O)c1ccccc1. The number of benzene rings is 2. The van der Waals surface area contributed by atoms with E-state index in [0.717, 1.165) is 8.99 Å². The van der Waals surface area contributed by atoms with Crippen molar-refractivity contribution in [1.82, 2.24) is 15.0 Å². The van der Waals surface area contributed by atoms with Gasteiger partial charge in [0.15, 0.2) is 5.69 Å². The molecule has 0 unspecified atom stereocenters. The Morgan fingerprint density at radius 1 is 1.00 bits per heavy atom. The van der Waals surface area contributed by atoms with Crippen molar-refractivity contribution < 1.29 is 28.2 Å². The van der Waals surface area contributed by atoms with Gasteiger partial charge in [0.05, 0.1) is 23.7 Å². The third-order valence-electron chi connectivity index (χ3n) is 4.36. The van der Waals surface area contributed by atoms with Crippen molar-refractivity contribution in [3.8, 4) is 0 Å². The molecule has 1 heterocycles. The summed E-state index contributed by atoms with van der Waals surface area (Å²) in [4.78, 5) is 22.8. The summed E-state index contributed by atoms with van der Waals surface area (Å²) in [5, 5.41) is 25.4. The van der Waals surface area contributed by atoms with Gasteiger partial charge in [0, 0.05) is 0 Å². The lowest BCUT2D eigenvalue weighted by Gasteiger charge is -2.25. The quantitative estimate of drug-likeness (QED) is 0.551. The van der Waals surface area contributed by atoms with E-state index in [1.54, 1.807) is 55.5 Å². The second-order valence-electron chi connectivity index (χ2n) is 6.30. The molecule has 0 aliphatic carbocycles. The summed E-state index contributed by atoms with van der Waals surface area (Å²) in [5.74, 6) is -3.06. The maximum absolute atomic E-state index is 13.4. The predicted octanol–water partition coefficient (Wildman–Crippen LogP) is 1.88. The van der Waals surface area contributed by atoms with Crippen molar-refractivity contribution in [1.29, 1.82) is 0 Å². The standard InChI is InChI=1S/C19H18N4O6S/c1-13-7-5-6-10-15(13)30(28,29)23(14-8-3-2-4-9-14)12-11-22-17(19(26)27)16(18(24)25)20-21-22/h2-10H,11-12H2,1H3,(H,24,25)(H,26,27). The first-order valence-electron chi connectivity index (χ1n) is 8.77. The number of carbonyl (C=O) groups is 2. The zero-order valence-electron chi connectivity index (χ0n) is 15.8. The molecule has 2 aromatic carbocycles. The highest BCUT2D eigenvalue weighted by molar-refractivity contribution is 7.92. The molecule has 3 rings (SSSR count). The van der Waals surface area contributed by atoms with Crippen molar-refractivity contribution in [2.24, 2.45) is 0 Å². The number of anilines is 1. The van der Waals surface area contributed by atoms with Gasteiger partial charge >= 0.3 is 11.9 Å². The van der Waals surface area contributed by atoms with Gasteiger partial charge in [-0.3, -0.25) is 4.31 Å². The minimum atomic E-state index is -3.99. The largest absolute Gasteiger partial charge is 0.476 e. The maximum Gasteiger partial charge on any atom is 0.359 e. The molecule has 0 fully saturated rings. The van der Waals surface area contributed by atoms with Crippen molar-refractivity contribution in [3.63, 3.8) is 0 Å². The molecular formula is C19H18N4O6S. The molecule has 0 saturated carbocycles. The molecule has 10 nitrogen and oxygen atoms in total. The van der Waals surface area contributed by atoms with Crippen molar-refractivity contribution in [2.45, 2.75) is 18.4 Å². The summed E-state index contributed by atoms with van der Waals surface area (Å²) in [6.07, 6.45) is 0. The monoisotopic (exact) mass is 430 g/mol. The number of carboxylic acid groups (broad SMARTS) is 2. The molecular weight excluding hydrogens is 412 g/mol. The van der Waals surface area contributed by atoms with Crippen LogP contribution >= 0.6 is 0 Å². The van der Waals surface area contributed by atoms with Gasteiger partial charge in [-0.1, -0.05) is 41.6 Å². The first-order valence-corrected chi connectivity index (χ1v) is 10.2. The van der Waals surface area contributed by atoms with Crippen LogP contribution in [-0.4, -0.2) is 52.1 Å². The molecule has 2 N–H and O–H groups in total. The molecule has 0 radical (unpaired) electrons. The van der Waals surface area contributed by atoms with Crippen LogP contribution in [0.2, 0.25) is 0 Å². The molecule has 11 heteroatoms. The number of carboxylic acids is 2. The Bertz CT molecular complexity index is 1190. The van der Waals surface area contributed by atoms with E-state index in [0.29, 0.717) is 11.3 Å². The van der Waals surface area contributed by atoms with Crippen LogP contribution in [0, 0.1) is 6.92 Å². The molecule has 0 bridgehead atoms. The van der Waals surface area contributed by atoms with Gasteiger partial charge in [-0.15, -0.1) is 5.10 Å². The Morgan fingerprint density at radius 3 is 2.23 bits per heavy atom. The number of sulfonamides is 1. The fraction of sp³-hybridized carbons (Fsp3) is 0.158. The molecule has 3 aromatic rings. The zero-order chi connectivity index (χ0) is 21.9. The van der Waals surface area contributed by atoms with Crippen LogP contribution in [0.4, 0.5) is 5.69 Å². The van der Waals surface area contributed by atoms with E-state index in [-0.39, 0.29) is 18.0 Å². The lowest BCUT2D eigenvalue weighted by Crippen LogP contribution is -2.35. The van der Waals surface area contributed by atoms with Gasteiger partial charge in [-0.25, -0.2) is 22.7 Å². The van der Waals surface area contributed by atoms with E-state index in [1.165, 1.54) is 6.07 Å². The van der Waals surface area contributed by atoms with Crippen LogP contribution < -0.4 is 4.31 Å². The average molecular weight is 430 g/mol. The number of rotatable bonds is 8. The van der Waals surface area contributed by atoms with Crippen LogP contribution in [0.5, 0.6) is 0 Å². The summed E-state index contributed by atoms with van der Waals surface area (Å²) in [6, 6.07) is 14.8. The molecule has 30 heavy (non-hydrogen) atoms. The summed E-state index contributed by atoms with van der Waals surface area (Å²) < 4.78 is 28.8. The molecule has 0 saturated heterocycles. The summed E-state index contributed by atoms with van der Waals surface area (Å²) in [5.41, 5.74) is -0.408.